The van der Waals surface area contributed by atoms with Gasteiger partial charge in [0.15, 0.2) is 0 Å². The molecular formula is C29H25ClN4O. The first-order chi connectivity index (χ1) is 17.2. The summed E-state index contributed by atoms with van der Waals surface area (Å²) >= 11 is 6.13. The normalized spacial score (nSPS) is 15.4. The number of aromatic nitrogens is 3. The molecule has 35 heavy (non-hydrogen) atoms. The molecule has 2 atom stereocenters. The molecule has 0 fully saturated rings. The van der Waals surface area contributed by atoms with Gasteiger partial charge < -0.3 is 15.4 Å². The van der Waals surface area contributed by atoms with Gasteiger partial charge in [-0.15, -0.1) is 0 Å². The molecule has 0 spiro atoms. The standard InChI is InChI=1S/C29H25ClN4O/c30-21-11-9-18(10-12-21)26-14-20-16-32-29(34-28(20)25-7-2-1-6-24(25)26)33-22(17-35)13-19-15-31-27-8-4-3-5-23(19)27/h1-12,15-16,22,26,31,35H,13-14,17H2,(H,32,33,34)/t22-,26?/m1/s1. The number of H-pyrrole nitrogens is 1. The summed E-state index contributed by atoms with van der Waals surface area (Å²) in [7, 11) is 0. The van der Waals surface area contributed by atoms with Gasteiger partial charge in [0.1, 0.15) is 0 Å². The number of halogens is 1. The quantitative estimate of drug-likeness (QED) is 0.279. The summed E-state index contributed by atoms with van der Waals surface area (Å²) in [6.07, 6.45) is 5.42. The molecular weight excluding hydrogens is 456 g/mol. The van der Waals surface area contributed by atoms with Gasteiger partial charge in [-0.05, 0) is 53.3 Å². The molecule has 0 saturated heterocycles. The fourth-order valence-corrected chi connectivity index (χ4v) is 5.23. The average Bonchev–Trinajstić information content (AvgIpc) is 3.31. The number of aliphatic hydroxyl groups is 1. The minimum atomic E-state index is -0.201. The summed E-state index contributed by atoms with van der Waals surface area (Å²) in [6.45, 7) is -0.0187. The Hall–Kier alpha value is -3.67. The number of para-hydroxylation sites is 1. The van der Waals surface area contributed by atoms with Crippen LogP contribution in [0.25, 0.3) is 22.2 Å². The Balaban J connectivity index is 1.29. The first kappa shape index (κ1) is 21.8. The van der Waals surface area contributed by atoms with Crippen LogP contribution in [0.2, 0.25) is 5.02 Å². The second kappa shape index (κ2) is 9.17. The van der Waals surface area contributed by atoms with Gasteiger partial charge in [-0.3, -0.25) is 0 Å². The van der Waals surface area contributed by atoms with Crippen molar-refractivity contribution < 1.29 is 5.11 Å². The number of aliphatic hydroxyl groups excluding tert-OH is 1. The van der Waals surface area contributed by atoms with Crippen LogP contribution in [0.5, 0.6) is 0 Å². The van der Waals surface area contributed by atoms with Gasteiger partial charge >= 0.3 is 0 Å². The van der Waals surface area contributed by atoms with Gasteiger partial charge in [-0.1, -0.05) is 66.2 Å². The Morgan fingerprint density at radius 1 is 1.03 bits per heavy atom. The van der Waals surface area contributed by atoms with Crippen molar-refractivity contribution in [1.29, 1.82) is 0 Å². The summed E-state index contributed by atoms with van der Waals surface area (Å²) in [5.74, 6) is 0.757. The van der Waals surface area contributed by atoms with Crippen LogP contribution < -0.4 is 5.32 Å². The zero-order chi connectivity index (χ0) is 23.8. The molecule has 0 radical (unpaired) electrons. The van der Waals surface area contributed by atoms with Gasteiger partial charge in [0.25, 0.3) is 0 Å². The maximum absolute atomic E-state index is 10.1. The number of fused-ring (bicyclic) bond motifs is 4. The van der Waals surface area contributed by atoms with Crippen molar-refractivity contribution in [3.63, 3.8) is 0 Å². The fourth-order valence-electron chi connectivity index (χ4n) is 5.11. The molecule has 5 aromatic rings. The molecule has 3 aromatic carbocycles. The van der Waals surface area contributed by atoms with E-state index in [2.05, 4.69) is 63.8 Å². The Morgan fingerprint density at radius 3 is 2.69 bits per heavy atom. The average molecular weight is 481 g/mol. The van der Waals surface area contributed by atoms with Crippen molar-refractivity contribution in [2.45, 2.75) is 24.8 Å². The summed E-state index contributed by atoms with van der Waals surface area (Å²) in [5, 5.41) is 15.4. The predicted octanol–water partition coefficient (Wildman–Crippen LogP) is 5.98. The van der Waals surface area contributed by atoms with Crippen molar-refractivity contribution >= 4 is 28.5 Å². The molecule has 0 aliphatic heterocycles. The van der Waals surface area contributed by atoms with Gasteiger partial charge in [-0.25, -0.2) is 9.97 Å². The van der Waals surface area contributed by atoms with Crippen LogP contribution >= 0.6 is 11.6 Å². The molecule has 1 aliphatic rings. The highest BCUT2D eigenvalue weighted by Crippen LogP contribution is 2.42. The van der Waals surface area contributed by atoms with Crippen LogP contribution in [0.1, 0.15) is 28.2 Å². The van der Waals surface area contributed by atoms with E-state index in [4.69, 9.17) is 16.6 Å². The van der Waals surface area contributed by atoms with E-state index in [-0.39, 0.29) is 18.6 Å². The summed E-state index contributed by atoms with van der Waals surface area (Å²) < 4.78 is 0. The second-order valence-corrected chi connectivity index (χ2v) is 9.49. The number of nitrogens with one attached hydrogen (secondary N) is 2. The van der Waals surface area contributed by atoms with Crippen LogP contribution in [0.15, 0.2) is 85.2 Å². The summed E-state index contributed by atoms with van der Waals surface area (Å²) in [4.78, 5) is 12.8. The maximum atomic E-state index is 10.1. The highest BCUT2D eigenvalue weighted by atomic mass is 35.5. The Bertz CT molecular complexity index is 1490. The van der Waals surface area contributed by atoms with E-state index in [0.717, 1.165) is 39.3 Å². The number of anilines is 1. The first-order valence-corrected chi connectivity index (χ1v) is 12.2. The molecule has 0 bridgehead atoms. The number of aromatic amines is 1. The van der Waals surface area contributed by atoms with E-state index in [9.17, 15) is 5.11 Å². The minimum Gasteiger partial charge on any atom is -0.394 e. The zero-order valence-electron chi connectivity index (χ0n) is 19.1. The van der Waals surface area contributed by atoms with Gasteiger partial charge in [0, 0.05) is 39.8 Å². The van der Waals surface area contributed by atoms with E-state index in [1.54, 1.807) is 0 Å². The number of rotatable bonds is 6. The Morgan fingerprint density at radius 2 is 1.83 bits per heavy atom. The zero-order valence-corrected chi connectivity index (χ0v) is 19.8. The van der Waals surface area contributed by atoms with Gasteiger partial charge in [-0.2, -0.15) is 0 Å². The Kier molecular flexibility index (Phi) is 5.72. The third-order valence-corrected chi connectivity index (χ3v) is 7.10. The molecule has 0 saturated carbocycles. The number of benzene rings is 3. The molecule has 1 unspecified atom stereocenters. The largest absolute Gasteiger partial charge is 0.394 e. The molecule has 174 valence electrons. The van der Waals surface area contributed by atoms with E-state index in [0.29, 0.717) is 12.4 Å². The van der Waals surface area contributed by atoms with E-state index < -0.39 is 0 Å². The Labute approximate surface area is 208 Å². The van der Waals surface area contributed by atoms with E-state index in [1.165, 1.54) is 16.5 Å². The lowest BCUT2D eigenvalue weighted by atomic mass is 9.78. The fraction of sp³-hybridized carbons (Fsp3) is 0.172. The van der Waals surface area contributed by atoms with E-state index >= 15 is 0 Å². The van der Waals surface area contributed by atoms with Gasteiger partial charge in [0.05, 0.1) is 18.3 Å². The molecule has 2 aromatic heterocycles. The molecule has 6 rings (SSSR count). The SMILES string of the molecule is OC[C@@H](Cc1c[nH]c2ccccc12)Nc1ncc2c(n1)-c1ccccc1C(c1ccc(Cl)cc1)C2. The molecule has 5 nitrogen and oxygen atoms in total. The van der Waals surface area contributed by atoms with Crippen molar-refractivity contribution in [3.05, 3.63) is 112 Å². The van der Waals surface area contributed by atoms with Crippen LogP contribution in [0.3, 0.4) is 0 Å². The molecule has 2 heterocycles. The monoisotopic (exact) mass is 480 g/mol. The molecule has 6 heteroatoms. The van der Waals surface area contributed by atoms with Crippen LogP contribution in [0, 0.1) is 0 Å². The topological polar surface area (TPSA) is 73.8 Å². The molecule has 0 amide bonds. The lowest BCUT2D eigenvalue weighted by Gasteiger charge is -2.28. The minimum absolute atomic E-state index is 0.0187. The third kappa shape index (κ3) is 4.18. The first-order valence-electron chi connectivity index (χ1n) is 11.8. The lowest BCUT2D eigenvalue weighted by Crippen LogP contribution is -2.27. The summed E-state index contributed by atoms with van der Waals surface area (Å²) in [6, 6.07) is 24.5. The van der Waals surface area contributed by atoms with Crippen molar-refractivity contribution in [2.75, 3.05) is 11.9 Å². The van der Waals surface area contributed by atoms with E-state index in [1.807, 2.05) is 36.7 Å². The van der Waals surface area contributed by atoms with Crippen molar-refractivity contribution in [3.8, 4) is 11.3 Å². The van der Waals surface area contributed by atoms with Crippen LogP contribution in [-0.4, -0.2) is 32.7 Å². The van der Waals surface area contributed by atoms with Crippen LogP contribution in [-0.2, 0) is 12.8 Å². The smallest absolute Gasteiger partial charge is 0.223 e. The molecule has 3 N–H and O–H groups in total. The number of hydrogen-bond acceptors (Lipinski definition) is 4. The highest BCUT2D eigenvalue weighted by Gasteiger charge is 2.27. The highest BCUT2D eigenvalue weighted by molar-refractivity contribution is 6.30. The maximum Gasteiger partial charge on any atom is 0.223 e. The van der Waals surface area contributed by atoms with Crippen LogP contribution in [0.4, 0.5) is 5.95 Å². The number of nitrogens with zero attached hydrogens (tertiary/aromatic N) is 2. The number of hydrogen-bond donors (Lipinski definition) is 3. The second-order valence-electron chi connectivity index (χ2n) is 9.05. The predicted molar refractivity (Wildman–Crippen MR) is 141 cm³/mol. The van der Waals surface area contributed by atoms with Crippen molar-refractivity contribution in [2.24, 2.45) is 0 Å². The lowest BCUT2D eigenvalue weighted by molar-refractivity contribution is 0.273. The molecule has 1 aliphatic carbocycles. The third-order valence-electron chi connectivity index (χ3n) is 6.85. The summed E-state index contributed by atoms with van der Waals surface area (Å²) in [5.41, 5.74) is 7.92. The van der Waals surface area contributed by atoms with Gasteiger partial charge in [0.2, 0.25) is 5.95 Å². The van der Waals surface area contributed by atoms with Crippen molar-refractivity contribution in [1.82, 2.24) is 15.0 Å².